The van der Waals surface area contributed by atoms with Crippen LogP contribution in [0, 0.1) is 30.6 Å². The average molecular weight is 482 g/mol. The molecule has 1 saturated heterocycles. The molecular formula is C23H25F3N2O6. The second kappa shape index (κ2) is 12.0. The third-order valence-corrected chi connectivity index (χ3v) is 5.09. The summed E-state index contributed by atoms with van der Waals surface area (Å²) < 4.78 is 48.3. The SMILES string of the molecule is C#CCOC1=CC(C(=O)ON2C(=O)CCC2C)CC(OCC#C)=C1CCCNC(=O)C(F)(F)F. The van der Waals surface area contributed by atoms with E-state index < -0.39 is 24.0 Å². The third-order valence-electron chi connectivity index (χ3n) is 5.09. The minimum atomic E-state index is -4.98. The Morgan fingerprint density at radius 1 is 1.24 bits per heavy atom. The number of terminal acetylenes is 2. The number of carbonyl (C=O) groups excluding carboxylic acids is 3. The van der Waals surface area contributed by atoms with Gasteiger partial charge in [-0.1, -0.05) is 11.8 Å². The first kappa shape index (κ1) is 26.7. The molecule has 2 rings (SSSR count). The van der Waals surface area contributed by atoms with Gasteiger partial charge in [0.05, 0.1) is 12.0 Å². The molecule has 34 heavy (non-hydrogen) atoms. The lowest BCUT2D eigenvalue weighted by Gasteiger charge is -2.27. The van der Waals surface area contributed by atoms with Crippen molar-refractivity contribution in [2.45, 2.75) is 51.2 Å². The number of nitrogens with one attached hydrogen (secondary N) is 1. The largest absolute Gasteiger partial charge is 0.485 e. The molecule has 0 bridgehead atoms. The highest BCUT2D eigenvalue weighted by Crippen LogP contribution is 2.34. The van der Waals surface area contributed by atoms with Gasteiger partial charge >= 0.3 is 18.1 Å². The highest BCUT2D eigenvalue weighted by Gasteiger charge is 2.38. The number of alkyl halides is 3. The number of nitrogens with zero attached hydrogens (tertiary/aromatic N) is 1. The fraction of sp³-hybridized carbons (Fsp3) is 0.522. The number of rotatable bonds is 10. The van der Waals surface area contributed by atoms with Crippen LogP contribution in [0.15, 0.2) is 23.2 Å². The van der Waals surface area contributed by atoms with Crippen LogP contribution in [0.1, 0.15) is 39.0 Å². The van der Waals surface area contributed by atoms with Gasteiger partial charge < -0.3 is 19.6 Å². The van der Waals surface area contributed by atoms with Crippen molar-refractivity contribution in [1.82, 2.24) is 10.4 Å². The summed E-state index contributed by atoms with van der Waals surface area (Å²) in [5.74, 6) is 1.16. The molecule has 0 spiro atoms. The summed E-state index contributed by atoms with van der Waals surface area (Å²) >= 11 is 0. The van der Waals surface area contributed by atoms with E-state index in [2.05, 4.69) is 11.8 Å². The highest BCUT2D eigenvalue weighted by molar-refractivity contribution is 5.82. The van der Waals surface area contributed by atoms with Gasteiger partial charge in [-0.3, -0.25) is 9.59 Å². The second-order valence-electron chi connectivity index (χ2n) is 7.60. The maximum atomic E-state index is 12.8. The molecular weight excluding hydrogens is 457 g/mol. The highest BCUT2D eigenvalue weighted by atomic mass is 19.4. The molecule has 0 aromatic rings. The van der Waals surface area contributed by atoms with Crippen molar-refractivity contribution in [1.29, 1.82) is 0 Å². The Morgan fingerprint density at radius 3 is 2.50 bits per heavy atom. The molecule has 2 unspecified atom stereocenters. The molecule has 0 radical (unpaired) electrons. The molecule has 1 aliphatic heterocycles. The summed E-state index contributed by atoms with van der Waals surface area (Å²) in [6.45, 7) is 1.22. The second-order valence-corrected chi connectivity index (χ2v) is 7.60. The fourth-order valence-corrected chi connectivity index (χ4v) is 3.42. The van der Waals surface area contributed by atoms with Crippen LogP contribution in [0.25, 0.3) is 0 Å². The van der Waals surface area contributed by atoms with Crippen LogP contribution in [0.3, 0.4) is 0 Å². The minimum Gasteiger partial charge on any atom is -0.485 e. The number of amides is 2. The zero-order valence-electron chi connectivity index (χ0n) is 18.6. The lowest BCUT2D eigenvalue weighted by atomic mass is 9.91. The van der Waals surface area contributed by atoms with Crippen LogP contribution in [0.5, 0.6) is 0 Å². The summed E-state index contributed by atoms with van der Waals surface area (Å²) in [6.07, 6.45) is 8.17. The van der Waals surface area contributed by atoms with Gasteiger partial charge in [-0.2, -0.15) is 18.2 Å². The van der Waals surface area contributed by atoms with Crippen LogP contribution in [-0.2, 0) is 28.7 Å². The lowest BCUT2D eigenvalue weighted by Crippen LogP contribution is -2.37. The van der Waals surface area contributed by atoms with Crippen molar-refractivity contribution in [3.63, 3.8) is 0 Å². The number of halogens is 3. The van der Waals surface area contributed by atoms with E-state index in [9.17, 15) is 27.6 Å². The molecule has 1 aliphatic carbocycles. The molecule has 0 aromatic heterocycles. The topological polar surface area (TPSA) is 94.2 Å². The van der Waals surface area contributed by atoms with E-state index in [4.69, 9.17) is 27.2 Å². The van der Waals surface area contributed by atoms with Crippen molar-refractivity contribution < 1.29 is 41.9 Å². The van der Waals surface area contributed by atoms with E-state index in [1.165, 1.54) is 6.08 Å². The van der Waals surface area contributed by atoms with Gasteiger partial charge in [0.25, 0.3) is 5.91 Å². The molecule has 184 valence electrons. The quantitative estimate of drug-likeness (QED) is 0.380. The monoisotopic (exact) mass is 482 g/mol. The van der Waals surface area contributed by atoms with Crippen molar-refractivity contribution in [2.75, 3.05) is 19.8 Å². The van der Waals surface area contributed by atoms with Crippen LogP contribution >= 0.6 is 0 Å². The average Bonchev–Trinajstić information content (AvgIpc) is 3.10. The lowest BCUT2D eigenvalue weighted by molar-refractivity contribution is -0.202. The molecule has 2 atom stereocenters. The Kier molecular flexibility index (Phi) is 9.43. The summed E-state index contributed by atoms with van der Waals surface area (Å²) in [5, 5.41) is 2.83. The Balaban J connectivity index is 2.17. The normalized spacial score (nSPS) is 20.2. The maximum absolute atomic E-state index is 12.8. The number of hydroxylamine groups is 2. The number of carbonyl (C=O) groups is 3. The van der Waals surface area contributed by atoms with E-state index >= 15 is 0 Å². The molecule has 11 heteroatoms. The first-order chi connectivity index (χ1) is 16.1. The molecule has 8 nitrogen and oxygen atoms in total. The minimum absolute atomic E-state index is 0.0318. The first-order valence-corrected chi connectivity index (χ1v) is 10.5. The van der Waals surface area contributed by atoms with Crippen LogP contribution in [0.2, 0.25) is 0 Å². The van der Waals surface area contributed by atoms with E-state index in [-0.39, 0.29) is 68.9 Å². The predicted molar refractivity (Wildman–Crippen MR) is 113 cm³/mol. The molecule has 0 saturated carbocycles. The zero-order chi connectivity index (χ0) is 25.3. The molecule has 1 fully saturated rings. The summed E-state index contributed by atoms with van der Waals surface area (Å²) in [6, 6.07) is -0.253. The Labute approximate surface area is 195 Å². The van der Waals surface area contributed by atoms with Crippen molar-refractivity contribution >= 4 is 17.8 Å². The Hall–Kier alpha value is -3.60. The van der Waals surface area contributed by atoms with Gasteiger partial charge in [-0.25, -0.2) is 4.79 Å². The van der Waals surface area contributed by atoms with E-state index in [1.54, 1.807) is 12.2 Å². The number of hydrogen-bond donors (Lipinski definition) is 1. The van der Waals surface area contributed by atoms with Gasteiger partial charge in [0, 0.05) is 25.0 Å². The summed E-state index contributed by atoms with van der Waals surface area (Å²) in [5.41, 5.74) is 0.460. The van der Waals surface area contributed by atoms with E-state index in [0.29, 0.717) is 12.0 Å². The van der Waals surface area contributed by atoms with Crippen molar-refractivity contribution in [2.24, 2.45) is 5.92 Å². The molecule has 2 aliphatic rings. The fourth-order valence-electron chi connectivity index (χ4n) is 3.42. The number of allylic oxidation sites excluding steroid dienone is 2. The first-order valence-electron chi connectivity index (χ1n) is 10.5. The smallest absolute Gasteiger partial charge is 0.471 e. The molecule has 2 amide bonds. The summed E-state index contributed by atoms with van der Waals surface area (Å²) in [4.78, 5) is 41.0. The zero-order valence-corrected chi connectivity index (χ0v) is 18.6. The number of hydrogen-bond acceptors (Lipinski definition) is 6. The van der Waals surface area contributed by atoms with Gasteiger partial charge in [-0.15, -0.1) is 12.8 Å². The van der Waals surface area contributed by atoms with Crippen LogP contribution in [0.4, 0.5) is 13.2 Å². The molecule has 0 aromatic carbocycles. The molecule has 1 N–H and O–H groups in total. The Morgan fingerprint density at radius 2 is 1.91 bits per heavy atom. The summed E-state index contributed by atoms with van der Waals surface area (Å²) in [7, 11) is 0. The van der Waals surface area contributed by atoms with E-state index in [1.807, 2.05) is 0 Å². The number of ether oxygens (including phenoxy) is 2. The van der Waals surface area contributed by atoms with Gasteiger partial charge in [0.15, 0.2) is 0 Å². The molecule has 1 heterocycles. The van der Waals surface area contributed by atoms with Gasteiger partial charge in [0.2, 0.25) is 0 Å². The third kappa shape index (κ3) is 7.20. The van der Waals surface area contributed by atoms with E-state index in [0.717, 1.165) is 5.06 Å². The predicted octanol–water partition coefficient (Wildman–Crippen LogP) is 2.37. The van der Waals surface area contributed by atoms with Crippen molar-refractivity contribution in [3.05, 3.63) is 23.2 Å². The van der Waals surface area contributed by atoms with Gasteiger partial charge in [-0.05, 0) is 32.3 Å². The standard InChI is InChI=1S/C23H25F3N2O6/c1-4-11-32-18-13-16(21(30)34-28-15(3)8-9-20(28)29)14-19(33-12-5-2)17(18)7-6-10-27-22(31)23(24,25)26/h1-2,13,15-16H,6-12,14H2,3H3,(H,27,31). The Bertz CT molecular complexity index is 942. The van der Waals surface area contributed by atoms with Crippen LogP contribution < -0.4 is 5.32 Å². The maximum Gasteiger partial charge on any atom is 0.471 e. The van der Waals surface area contributed by atoms with Gasteiger partial charge in [0.1, 0.15) is 24.7 Å². The van der Waals surface area contributed by atoms with Crippen molar-refractivity contribution in [3.8, 4) is 24.7 Å². The van der Waals surface area contributed by atoms with Crippen LogP contribution in [-0.4, -0.2) is 54.8 Å².